The first-order valence-electron chi connectivity index (χ1n) is 7.26. The van der Waals surface area contributed by atoms with Crippen LogP contribution in [0.15, 0.2) is 4.99 Å². The van der Waals surface area contributed by atoms with Crippen LogP contribution in [0.5, 0.6) is 0 Å². The monoisotopic (exact) mass is 416 g/mol. The van der Waals surface area contributed by atoms with E-state index in [0.717, 1.165) is 38.6 Å². The minimum absolute atomic E-state index is 0. The Morgan fingerprint density at radius 1 is 1.00 bits per heavy atom. The van der Waals surface area contributed by atoms with Gasteiger partial charge in [0.05, 0.1) is 13.2 Å². The van der Waals surface area contributed by atoms with Crippen molar-refractivity contribution in [2.24, 2.45) is 4.99 Å². The zero-order chi connectivity index (χ0) is 15.3. The van der Waals surface area contributed by atoms with Crippen LogP contribution in [0, 0.1) is 0 Å². The topological polar surface area (TPSA) is 66.9 Å². The zero-order valence-corrected chi connectivity index (χ0v) is 16.5. The van der Waals surface area contributed by atoms with Crippen LogP contribution in [0.1, 0.15) is 27.2 Å². The Hall–Kier alpha value is -0.120. The van der Waals surface area contributed by atoms with Gasteiger partial charge < -0.3 is 25.4 Å². The van der Waals surface area contributed by atoms with E-state index >= 15 is 0 Å². The van der Waals surface area contributed by atoms with Crippen LogP contribution in [0.3, 0.4) is 0 Å². The lowest BCUT2D eigenvalue weighted by Crippen LogP contribution is -2.44. The molecule has 0 amide bonds. The first-order chi connectivity index (χ1) is 9.49. The summed E-state index contributed by atoms with van der Waals surface area (Å²) in [5.74, 6) is 0.831. The Morgan fingerprint density at radius 3 is 2.24 bits per heavy atom. The maximum Gasteiger partial charge on any atom is 0.191 e. The lowest BCUT2D eigenvalue weighted by atomic mass is 10.1. The van der Waals surface area contributed by atoms with E-state index in [2.05, 4.69) is 41.7 Å². The van der Waals surface area contributed by atoms with Gasteiger partial charge in [-0.15, -0.1) is 24.0 Å². The van der Waals surface area contributed by atoms with Gasteiger partial charge in [0.25, 0.3) is 0 Å². The molecular formula is C14H33IN4O2. The van der Waals surface area contributed by atoms with Gasteiger partial charge >= 0.3 is 0 Å². The van der Waals surface area contributed by atoms with E-state index in [9.17, 15) is 0 Å². The molecule has 0 aliphatic carbocycles. The first kappa shape index (κ1) is 23.2. The third-order valence-electron chi connectivity index (χ3n) is 2.49. The maximum absolute atomic E-state index is 5.39. The summed E-state index contributed by atoms with van der Waals surface area (Å²) >= 11 is 0. The van der Waals surface area contributed by atoms with E-state index < -0.39 is 0 Å². The van der Waals surface area contributed by atoms with Gasteiger partial charge in [-0.25, -0.2) is 0 Å². The van der Waals surface area contributed by atoms with Crippen molar-refractivity contribution in [1.29, 1.82) is 0 Å². The molecule has 0 unspecified atom stereocenters. The molecule has 0 bridgehead atoms. The van der Waals surface area contributed by atoms with Gasteiger partial charge in [0.15, 0.2) is 5.96 Å². The number of nitrogens with one attached hydrogen (secondary N) is 3. The number of hydrogen-bond donors (Lipinski definition) is 3. The lowest BCUT2D eigenvalue weighted by molar-refractivity contribution is 0.0698. The van der Waals surface area contributed by atoms with E-state index in [0.29, 0.717) is 13.2 Å². The van der Waals surface area contributed by atoms with Crippen molar-refractivity contribution < 1.29 is 9.47 Å². The van der Waals surface area contributed by atoms with Crippen molar-refractivity contribution in [2.45, 2.75) is 32.7 Å². The fraction of sp³-hybridized carbons (Fsp3) is 0.929. The molecule has 0 fully saturated rings. The number of hydrogen-bond acceptors (Lipinski definition) is 4. The highest BCUT2D eigenvalue weighted by molar-refractivity contribution is 14.0. The van der Waals surface area contributed by atoms with Crippen molar-refractivity contribution in [3.8, 4) is 0 Å². The largest absolute Gasteiger partial charge is 0.382 e. The molecule has 128 valence electrons. The normalized spacial score (nSPS) is 12.0. The second kappa shape index (κ2) is 14.8. The summed E-state index contributed by atoms with van der Waals surface area (Å²) in [6.45, 7) is 11.1. The summed E-state index contributed by atoms with van der Waals surface area (Å²) in [6.07, 6.45) is 0.949. The smallest absolute Gasteiger partial charge is 0.191 e. The molecule has 7 heteroatoms. The SMILES string of the molecule is CN=C(NCCCOCCOC)NCCNC(C)(C)C.I. The molecule has 0 aromatic rings. The van der Waals surface area contributed by atoms with Crippen LogP contribution < -0.4 is 16.0 Å². The molecule has 0 radical (unpaired) electrons. The predicted octanol–water partition coefficient (Wildman–Crippen LogP) is 1.21. The van der Waals surface area contributed by atoms with E-state index in [-0.39, 0.29) is 29.5 Å². The van der Waals surface area contributed by atoms with Crippen molar-refractivity contribution in [3.05, 3.63) is 0 Å². The van der Waals surface area contributed by atoms with Gasteiger partial charge in [-0.3, -0.25) is 4.99 Å². The Labute approximate surface area is 146 Å². The fourth-order valence-corrected chi connectivity index (χ4v) is 1.46. The van der Waals surface area contributed by atoms with E-state index in [4.69, 9.17) is 9.47 Å². The summed E-state index contributed by atoms with van der Waals surface area (Å²) < 4.78 is 10.3. The summed E-state index contributed by atoms with van der Waals surface area (Å²) in [5.41, 5.74) is 0.151. The number of halogens is 1. The van der Waals surface area contributed by atoms with Crippen molar-refractivity contribution in [2.75, 3.05) is 53.6 Å². The first-order valence-corrected chi connectivity index (χ1v) is 7.26. The molecule has 0 aliphatic heterocycles. The summed E-state index contributed by atoms with van der Waals surface area (Å²) in [7, 11) is 3.46. The van der Waals surface area contributed by atoms with Crippen LogP contribution in [0.4, 0.5) is 0 Å². The number of rotatable bonds is 10. The molecule has 0 saturated carbocycles. The fourth-order valence-electron chi connectivity index (χ4n) is 1.46. The van der Waals surface area contributed by atoms with Crippen LogP contribution in [-0.2, 0) is 9.47 Å². The molecule has 0 aromatic carbocycles. The van der Waals surface area contributed by atoms with Gasteiger partial charge in [-0.05, 0) is 27.2 Å². The van der Waals surface area contributed by atoms with E-state index in [1.165, 1.54) is 0 Å². The molecule has 3 N–H and O–H groups in total. The lowest BCUT2D eigenvalue weighted by Gasteiger charge is -2.21. The third-order valence-corrected chi connectivity index (χ3v) is 2.49. The van der Waals surface area contributed by atoms with Crippen LogP contribution >= 0.6 is 24.0 Å². The minimum atomic E-state index is 0. The zero-order valence-electron chi connectivity index (χ0n) is 14.1. The van der Waals surface area contributed by atoms with E-state index in [1.54, 1.807) is 14.2 Å². The second-order valence-corrected chi connectivity index (χ2v) is 5.56. The van der Waals surface area contributed by atoms with Gasteiger partial charge in [0, 0.05) is 45.9 Å². The molecule has 6 nitrogen and oxygen atoms in total. The Kier molecular flexibility index (Phi) is 16.3. The van der Waals surface area contributed by atoms with Gasteiger partial charge in [0.2, 0.25) is 0 Å². The van der Waals surface area contributed by atoms with Gasteiger partial charge in [-0.2, -0.15) is 0 Å². The average Bonchev–Trinajstić information content (AvgIpc) is 2.39. The minimum Gasteiger partial charge on any atom is -0.382 e. The number of nitrogens with zero attached hydrogens (tertiary/aromatic N) is 1. The Bertz CT molecular complexity index is 258. The number of ether oxygens (including phenoxy) is 2. The Morgan fingerprint density at radius 2 is 1.67 bits per heavy atom. The molecular weight excluding hydrogens is 383 g/mol. The molecule has 0 rings (SSSR count). The van der Waals surface area contributed by atoms with Crippen molar-refractivity contribution >= 4 is 29.9 Å². The van der Waals surface area contributed by atoms with E-state index in [1.807, 2.05) is 0 Å². The summed E-state index contributed by atoms with van der Waals surface area (Å²) in [4.78, 5) is 4.18. The van der Waals surface area contributed by atoms with Crippen molar-refractivity contribution in [1.82, 2.24) is 16.0 Å². The van der Waals surface area contributed by atoms with Crippen molar-refractivity contribution in [3.63, 3.8) is 0 Å². The summed E-state index contributed by atoms with van der Waals surface area (Å²) in [5, 5.41) is 9.95. The Balaban J connectivity index is 0. The van der Waals surface area contributed by atoms with Crippen LogP contribution in [-0.4, -0.2) is 65.1 Å². The average molecular weight is 416 g/mol. The second-order valence-electron chi connectivity index (χ2n) is 5.56. The maximum atomic E-state index is 5.39. The molecule has 0 heterocycles. The molecule has 21 heavy (non-hydrogen) atoms. The molecule has 0 aliphatic rings. The third kappa shape index (κ3) is 17.8. The highest BCUT2D eigenvalue weighted by atomic mass is 127. The van der Waals surface area contributed by atoms with Gasteiger partial charge in [0.1, 0.15) is 0 Å². The summed E-state index contributed by atoms with van der Waals surface area (Å²) in [6, 6.07) is 0. The number of methoxy groups -OCH3 is 1. The number of aliphatic imine (C=N–C) groups is 1. The highest BCUT2D eigenvalue weighted by Crippen LogP contribution is 1.96. The number of guanidine groups is 1. The standard InChI is InChI=1S/C14H32N4O2.HI/c1-14(2,3)18-9-8-17-13(15-4)16-7-6-10-20-12-11-19-5;/h18H,6-12H2,1-5H3,(H2,15,16,17);1H. The van der Waals surface area contributed by atoms with Crippen LogP contribution in [0.25, 0.3) is 0 Å². The molecule has 0 aromatic heterocycles. The predicted molar refractivity (Wildman–Crippen MR) is 99.8 cm³/mol. The van der Waals surface area contributed by atoms with Gasteiger partial charge in [-0.1, -0.05) is 0 Å². The molecule has 0 saturated heterocycles. The quantitative estimate of drug-likeness (QED) is 0.216. The molecule has 0 atom stereocenters. The van der Waals surface area contributed by atoms with Crippen LogP contribution in [0.2, 0.25) is 0 Å². The highest BCUT2D eigenvalue weighted by Gasteiger charge is 2.07. The molecule has 0 spiro atoms.